The smallest absolute Gasteiger partial charge is 0.136 e. The van der Waals surface area contributed by atoms with Gasteiger partial charge >= 0.3 is 0 Å². The van der Waals surface area contributed by atoms with Crippen LogP contribution in [0.4, 0.5) is 0 Å². The van der Waals surface area contributed by atoms with Crippen LogP contribution in [0.5, 0.6) is 0 Å². The maximum Gasteiger partial charge on any atom is 0.136 e. The number of rotatable bonds is 3. The van der Waals surface area contributed by atoms with Crippen LogP contribution in [0.1, 0.15) is 56.5 Å². The predicted molar refractivity (Wildman–Crippen MR) is 68.7 cm³/mol. The van der Waals surface area contributed by atoms with Crippen molar-refractivity contribution in [2.75, 3.05) is 0 Å². The summed E-state index contributed by atoms with van der Waals surface area (Å²) in [7, 11) is 0. The molecule has 3 nitrogen and oxygen atoms in total. The molecule has 1 saturated carbocycles. The Hall–Kier alpha value is -1.27. The molecule has 18 heavy (non-hydrogen) atoms. The van der Waals surface area contributed by atoms with Gasteiger partial charge in [0.25, 0.3) is 0 Å². The van der Waals surface area contributed by atoms with Crippen molar-refractivity contribution in [3.05, 3.63) is 23.7 Å². The van der Waals surface area contributed by atoms with Gasteiger partial charge in [0.2, 0.25) is 0 Å². The van der Waals surface area contributed by atoms with Gasteiger partial charge in [0.15, 0.2) is 0 Å². The maximum absolute atomic E-state index is 10.5. The number of aliphatic hydroxyl groups excluding tert-OH is 1. The molecule has 1 aliphatic carbocycles. The average molecular weight is 247 g/mol. The zero-order chi connectivity index (χ0) is 13.2. The van der Waals surface area contributed by atoms with Crippen LogP contribution < -0.4 is 0 Å². The first-order valence-corrected chi connectivity index (χ1v) is 6.76. The lowest BCUT2D eigenvalue weighted by molar-refractivity contribution is 0.00908. The number of hydrogen-bond acceptors (Lipinski definition) is 3. The van der Waals surface area contributed by atoms with Crippen molar-refractivity contribution >= 4 is 0 Å². The molecule has 1 aromatic heterocycles. The Morgan fingerprint density at radius 2 is 2.22 bits per heavy atom. The first kappa shape index (κ1) is 13.2. The zero-order valence-electron chi connectivity index (χ0n) is 11.1. The molecule has 1 aliphatic rings. The first-order valence-electron chi connectivity index (χ1n) is 6.76. The van der Waals surface area contributed by atoms with Crippen LogP contribution in [0, 0.1) is 29.6 Å². The maximum atomic E-state index is 10.5. The van der Waals surface area contributed by atoms with Crippen molar-refractivity contribution in [1.82, 2.24) is 0 Å². The van der Waals surface area contributed by atoms with E-state index >= 15 is 0 Å². The first-order chi connectivity index (χ1) is 8.63. The van der Waals surface area contributed by atoms with Crippen molar-refractivity contribution in [2.24, 2.45) is 11.3 Å². The molecule has 0 radical (unpaired) electrons. The van der Waals surface area contributed by atoms with E-state index in [0.29, 0.717) is 11.7 Å². The Balaban J connectivity index is 2.19. The van der Waals surface area contributed by atoms with Gasteiger partial charge in [0, 0.05) is 0 Å². The van der Waals surface area contributed by atoms with Gasteiger partial charge in [-0.15, -0.1) is 0 Å². The summed E-state index contributed by atoms with van der Waals surface area (Å²) in [6, 6.07) is 4.20. The van der Waals surface area contributed by atoms with E-state index in [0.717, 1.165) is 37.7 Å². The highest BCUT2D eigenvalue weighted by Gasteiger charge is 2.43. The molecule has 1 aromatic rings. The van der Waals surface area contributed by atoms with Crippen molar-refractivity contribution < 1.29 is 9.52 Å². The van der Waals surface area contributed by atoms with Crippen LogP contribution in [-0.4, -0.2) is 5.11 Å². The minimum absolute atomic E-state index is 0.562. The molecule has 2 rings (SSSR count). The molecule has 98 valence electrons. The quantitative estimate of drug-likeness (QED) is 0.885. The lowest BCUT2D eigenvalue weighted by Gasteiger charge is -2.37. The second-order valence-corrected chi connectivity index (χ2v) is 5.49. The lowest BCUT2D eigenvalue weighted by atomic mass is 9.67. The highest BCUT2D eigenvalue weighted by molar-refractivity contribution is 5.22. The third-order valence-electron chi connectivity index (χ3n) is 4.47. The van der Waals surface area contributed by atoms with Crippen LogP contribution in [0.15, 0.2) is 16.7 Å². The van der Waals surface area contributed by atoms with Gasteiger partial charge < -0.3 is 9.52 Å². The number of furan rings is 1. The summed E-state index contributed by atoms with van der Waals surface area (Å²) in [6.45, 7) is 4.10. The summed E-state index contributed by atoms with van der Waals surface area (Å²) in [6.07, 6.45) is 5.54. The third-order valence-corrected chi connectivity index (χ3v) is 4.47. The van der Waals surface area contributed by atoms with Crippen LogP contribution in [-0.2, 0) is 0 Å². The summed E-state index contributed by atoms with van der Waals surface area (Å²) in [5.41, 5.74) is 0.267. The number of nitriles is 1. The van der Waals surface area contributed by atoms with Crippen molar-refractivity contribution in [2.45, 2.75) is 52.1 Å². The van der Waals surface area contributed by atoms with E-state index in [1.807, 2.05) is 13.0 Å². The fraction of sp³-hybridized carbons (Fsp3) is 0.667. The second-order valence-electron chi connectivity index (χ2n) is 5.49. The average Bonchev–Trinajstić information content (AvgIpc) is 2.84. The fourth-order valence-electron chi connectivity index (χ4n) is 2.96. The van der Waals surface area contributed by atoms with E-state index in [2.05, 4.69) is 13.0 Å². The molecule has 1 heterocycles. The standard InChI is InChI=1S/C15H21NO2/c1-3-12-4-7-15(10-16,8-5-12)14(17)13-11(2)6-9-18-13/h6,9,12,14,17H,3-5,7-8H2,1-2H3. The third kappa shape index (κ3) is 2.18. The molecule has 0 spiro atoms. The molecule has 3 heteroatoms. The van der Waals surface area contributed by atoms with Crippen LogP contribution >= 0.6 is 0 Å². The topological polar surface area (TPSA) is 57.2 Å². The molecule has 0 amide bonds. The largest absolute Gasteiger partial charge is 0.466 e. The van der Waals surface area contributed by atoms with Gasteiger partial charge in [-0.25, -0.2) is 0 Å². The summed E-state index contributed by atoms with van der Waals surface area (Å²) in [5.74, 6) is 1.27. The molecule has 1 N–H and O–H groups in total. The monoisotopic (exact) mass is 247 g/mol. The molecule has 0 bridgehead atoms. The summed E-state index contributed by atoms with van der Waals surface area (Å²) in [5, 5.41) is 20.0. The van der Waals surface area contributed by atoms with Crippen molar-refractivity contribution in [1.29, 1.82) is 5.26 Å². The van der Waals surface area contributed by atoms with Gasteiger partial charge in [-0.05, 0) is 50.2 Å². The van der Waals surface area contributed by atoms with Gasteiger partial charge in [-0.1, -0.05) is 13.3 Å². The molecule has 0 saturated heterocycles. The van der Waals surface area contributed by atoms with Gasteiger partial charge in [0.05, 0.1) is 17.7 Å². The lowest BCUT2D eigenvalue weighted by Crippen LogP contribution is -2.32. The van der Waals surface area contributed by atoms with Crippen molar-refractivity contribution in [3.63, 3.8) is 0 Å². The Kier molecular flexibility index (Phi) is 3.77. The number of aryl methyl sites for hydroxylation is 1. The summed E-state index contributed by atoms with van der Waals surface area (Å²) < 4.78 is 5.36. The second kappa shape index (κ2) is 5.16. The highest BCUT2D eigenvalue weighted by Crippen LogP contribution is 2.48. The van der Waals surface area contributed by atoms with Crippen LogP contribution in [0.25, 0.3) is 0 Å². The molecular formula is C15H21NO2. The van der Waals surface area contributed by atoms with Crippen LogP contribution in [0.3, 0.4) is 0 Å². The highest BCUT2D eigenvalue weighted by atomic mass is 16.4. The molecule has 1 atom stereocenters. The zero-order valence-corrected chi connectivity index (χ0v) is 11.1. The van der Waals surface area contributed by atoms with E-state index in [1.165, 1.54) is 0 Å². The Labute approximate surface area is 108 Å². The van der Waals surface area contributed by atoms with E-state index in [1.54, 1.807) is 6.26 Å². The van der Waals surface area contributed by atoms with Crippen LogP contribution in [0.2, 0.25) is 0 Å². The number of aliphatic hydroxyl groups is 1. The molecule has 0 aliphatic heterocycles. The van der Waals surface area contributed by atoms with Gasteiger partial charge in [-0.3, -0.25) is 0 Å². The van der Waals surface area contributed by atoms with E-state index < -0.39 is 11.5 Å². The van der Waals surface area contributed by atoms with E-state index in [9.17, 15) is 10.4 Å². The Bertz CT molecular complexity index is 436. The molecule has 0 aromatic carbocycles. The SMILES string of the molecule is CCC1CCC(C#N)(C(O)c2occc2C)CC1. The molecule has 1 unspecified atom stereocenters. The minimum Gasteiger partial charge on any atom is -0.466 e. The molecule has 1 fully saturated rings. The summed E-state index contributed by atoms with van der Waals surface area (Å²) >= 11 is 0. The Morgan fingerprint density at radius 1 is 1.56 bits per heavy atom. The number of nitrogens with zero attached hydrogens (tertiary/aromatic N) is 1. The van der Waals surface area contributed by atoms with Gasteiger partial charge in [0.1, 0.15) is 11.9 Å². The Morgan fingerprint density at radius 3 is 2.67 bits per heavy atom. The predicted octanol–water partition coefficient (Wildman–Crippen LogP) is 3.73. The summed E-state index contributed by atoms with van der Waals surface area (Å²) in [4.78, 5) is 0. The normalized spacial score (nSPS) is 29.8. The minimum atomic E-state index is -0.796. The van der Waals surface area contributed by atoms with Crippen molar-refractivity contribution in [3.8, 4) is 6.07 Å². The van der Waals surface area contributed by atoms with Gasteiger partial charge in [-0.2, -0.15) is 5.26 Å². The number of hydrogen-bond donors (Lipinski definition) is 1. The van der Waals surface area contributed by atoms with E-state index in [-0.39, 0.29) is 0 Å². The fourth-order valence-corrected chi connectivity index (χ4v) is 2.96. The van der Waals surface area contributed by atoms with E-state index in [4.69, 9.17) is 4.42 Å². The molecular weight excluding hydrogens is 226 g/mol.